The van der Waals surface area contributed by atoms with Gasteiger partial charge in [0.25, 0.3) is 0 Å². The standard InChI is InChI=1S/C5H5NO3/c1-2-3-4(7)9-5(8)6-3/h2-3H,1H2,(H,6,8). The second-order valence-corrected chi connectivity index (χ2v) is 1.57. The van der Waals surface area contributed by atoms with E-state index in [-0.39, 0.29) is 0 Å². The first-order valence-corrected chi connectivity index (χ1v) is 2.39. The van der Waals surface area contributed by atoms with Crippen LogP contribution in [0.15, 0.2) is 12.7 Å². The number of amides is 1. The first-order chi connectivity index (χ1) is 4.24. The fraction of sp³-hybridized carbons (Fsp3) is 0.200. The number of rotatable bonds is 1. The highest BCUT2D eigenvalue weighted by molar-refractivity contribution is 5.96. The van der Waals surface area contributed by atoms with Gasteiger partial charge in [0.05, 0.1) is 0 Å². The van der Waals surface area contributed by atoms with Crippen LogP contribution in [0, 0.1) is 0 Å². The summed E-state index contributed by atoms with van der Waals surface area (Å²) in [4.78, 5) is 20.7. The van der Waals surface area contributed by atoms with Gasteiger partial charge in [0.1, 0.15) is 6.04 Å². The van der Waals surface area contributed by atoms with Crippen molar-refractivity contribution in [2.75, 3.05) is 0 Å². The van der Waals surface area contributed by atoms with Gasteiger partial charge in [-0.15, -0.1) is 6.58 Å². The number of esters is 1. The lowest BCUT2D eigenvalue weighted by Gasteiger charge is -1.91. The van der Waals surface area contributed by atoms with Crippen LogP contribution in [-0.4, -0.2) is 18.1 Å². The predicted octanol–water partition coefficient (Wildman–Crippen LogP) is -0.193. The SMILES string of the molecule is C=CC1NC(=O)OC1=O. The Morgan fingerprint density at radius 3 is 2.56 bits per heavy atom. The highest BCUT2D eigenvalue weighted by Crippen LogP contribution is 1.99. The Kier molecular flexibility index (Phi) is 1.22. The van der Waals surface area contributed by atoms with Crippen molar-refractivity contribution in [3.63, 3.8) is 0 Å². The molecular weight excluding hydrogens is 122 g/mol. The van der Waals surface area contributed by atoms with Crippen LogP contribution in [0.25, 0.3) is 0 Å². The fourth-order valence-electron chi connectivity index (χ4n) is 0.525. The molecule has 0 aromatic heterocycles. The van der Waals surface area contributed by atoms with E-state index in [1.54, 1.807) is 0 Å². The molecule has 0 radical (unpaired) electrons. The molecule has 1 atom stereocenters. The van der Waals surface area contributed by atoms with Crippen molar-refractivity contribution in [3.8, 4) is 0 Å². The summed E-state index contributed by atoms with van der Waals surface area (Å²) < 4.78 is 4.10. The Hall–Kier alpha value is -1.32. The van der Waals surface area contributed by atoms with Crippen molar-refractivity contribution in [2.45, 2.75) is 6.04 Å². The third-order valence-electron chi connectivity index (χ3n) is 0.956. The van der Waals surface area contributed by atoms with Crippen molar-refractivity contribution in [1.29, 1.82) is 0 Å². The molecule has 0 aliphatic carbocycles. The molecule has 1 fully saturated rings. The van der Waals surface area contributed by atoms with Crippen LogP contribution in [-0.2, 0) is 9.53 Å². The van der Waals surface area contributed by atoms with E-state index in [1.165, 1.54) is 6.08 Å². The summed E-state index contributed by atoms with van der Waals surface area (Å²) in [5.74, 6) is -0.588. The van der Waals surface area contributed by atoms with E-state index in [0.717, 1.165) is 0 Å². The summed E-state index contributed by atoms with van der Waals surface area (Å²) in [7, 11) is 0. The minimum atomic E-state index is -0.704. The number of hydrogen-bond acceptors (Lipinski definition) is 3. The van der Waals surface area contributed by atoms with E-state index in [0.29, 0.717) is 0 Å². The van der Waals surface area contributed by atoms with Gasteiger partial charge in [-0.25, -0.2) is 9.59 Å². The van der Waals surface area contributed by atoms with Crippen molar-refractivity contribution in [2.24, 2.45) is 0 Å². The van der Waals surface area contributed by atoms with Gasteiger partial charge >= 0.3 is 12.1 Å². The summed E-state index contributed by atoms with van der Waals surface area (Å²) in [6, 6.07) is -0.655. The first kappa shape index (κ1) is 5.81. The number of alkyl carbamates (subject to hydrolysis) is 1. The Labute approximate surface area is 51.5 Å². The second-order valence-electron chi connectivity index (χ2n) is 1.57. The molecule has 1 saturated heterocycles. The second kappa shape index (κ2) is 1.89. The molecule has 4 heteroatoms. The molecule has 0 spiro atoms. The predicted molar refractivity (Wildman–Crippen MR) is 28.6 cm³/mol. The minimum Gasteiger partial charge on any atom is -0.374 e. The molecule has 48 valence electrons. The average Bonchev–Trinajstić information content (AvgIpc) is 2.10. The zero-order valence-electron chi connectivity index (χ0n) is 4.59. The van der Waals surface area contributed by atoms with E-state index < -0.39 is 18.1 Å². The fourth-order valence-corrected chi connectivity index (χ4v) is 0.525. The molecule has 1 amide bonds. The highest BCUT2D eigenvalue weighted by atomic mass is 16.6. The first-order valence-electron chi connectivity index (χ1n) is 2.39. The third kappa shape index (κ3) is 0.910. The van der Waals surface area contributed by atoms with E-state index in [4.69, 9.17) is 0 Å². The maximum absolute atomic E-state index is 10.4. The van der Waals surface area contributed by atoms with Gasteiger partial charge in [-0.3, -0.25) is 0 Å². The van der Waals surface area contributed by atoms with Crippen LogP contribution in [0.1, 0.15) is 0 Å². The van der Waals surface area contributed by atoms with Crippen LogP contribution < -0.4 is 5.32 Å². The number of cyclic esters (lactones) is 2. The molecule has 1 aliphatic heterocycles. The summed E-state index contributed by atoms with van der Waals surface area (Å²) in [6.07, 6.45) is 0.609. The van der Waals surface area contributed by atoms with Crippen molar-refractivity contribution < 1.29 is 14.3 Å². The molecule has 9 heavy (non-hydrogen) atoms. The minimum absolute atomic E-state index is 0.588. The Morgan fingerprint density at radius 1 is 1.67 bits per heavy atom. The largest absolute Gasteiger partial charge is 0.415 e. The molecule has 4 nitrogen and oxygen atoms in total. The summed E-state index contributed by atoms with van der Waals surface area (Å²) >= 11 is 0. The van der Waals surface area contributed by atoms with Gasteiger partial charge in [0, 0.05) is 0 Å². The molecule has 0 aromatic carbocycles. The van der Waals surface area contributed by atoms with Crippen LogP contribution in [0.5, 0.6) is 0 Å². The third-order valence-corrected chi connectivity index (χ3v) is 0.956. The Balaban J connectivity index is 2.68. The summed E-state index contributed by atoms with van der Waals surface area (Å²) in [5, 5.41) is 2.22. The normalized spacial score (nSPS) is 25.1. The molecule has 0 saturated carbocycles. The lowest BCUT2D eigenvalue weighted by atomic mass is 10.3. The smallest absolute Gasteiger partial charge is 0.374 e. The van der Waals surface area contributed by atoms with Gasteiger partial charge in [-0.1, -0.05) is 6.08 Å². The number of carbonyl (C=O) groups excluding carboxylic acids is 2. The molecule has 1 heterocycles. The number of hydrogen-bond donors (Lipinski definition) is 1. The van der Waals surface area contributed by atoms with E-state index in [9.17, 15) is 9.59 Å². The van der Waals surface area contributed by atoms with Gasteiger partial charge in [-0.05, 0) is 0 Å². The van der Waals surface area contributed by atoms with Crippen LogP contribution in [0.4, 0.5) is 4.79 Å². The quantitative estimate of drug-likeness (QED) is 0.301. The summed E-state index contributed by atoms with van der Waals surface area (Å²) in [6.45, 7) is 3.31. The van der Waals surface area contributed by atoms with Crippen LogP contribution in [0.3, 0.4) is 0 Å². The molecule has 0 aromatic rings. The van der Waals surface area contributed by atoms with E-state index in [1.807, 2.05) is 0 Å². The maximum Gasteiger partial charge on any atom is 0.415 e. The molecule has 0 bridgehead atoms. The molecule has 1 rings (SSSR count). The Bertz CT molecular complexity index is 175. The van der Waals surface area contributed by atoms with Gasteiger partial charge < -0.3 is 10.1 Å². The van der Waals surface area contributed by atoms with E-state index >= 15 is 0 Å². The van der Waals surface area contributed by atoms with Gasteiger partial charge in [-0.2, -0.15) is 0 Å². The molecule has 1 unspecified atom stereocenters. The maximum atomic E-state index is 10.4. The lowest BCUT2D eigenvalue weighted by Crippen LogP contribution is -2.25. The van der Waals surface area contributed by atoms with Crippen LogP contribution in [0.2, 0.25) is 0 Å². The zero-order valence-corrected chi connectivity index (χ0v) is 4.59. The molecular formula is C5H5NO3. The topological polar surface area (TPSA) is 55.4 Å². The zero-order chi connectivity index (χ0) is 6.85. The lowest BCUT2D eigenvalue weighted by molar-refractivity contribution is -0.134. The van der Waals surface area contributed by atoms with Gasteiger partial charge in [0.2, 0.25) is 0 Å². The molecule has 1 N–H and O–H groups in total. The van der Waals surface area contributed by atoms with Crippen molar-refractivity contribution in [1.82, 2.24) is 5.32 Å². The van der Waals surface area contributed by atoms with Crippen LogP contribution >= 0.6 is 0 Å². The summed E-state index contributed by atoms with van der Waals surface area (Å²) in [5.41, 5.74) is 0. The number of carbonyl (C=O) groups is 2. The highest BCUT2D eigenvalue weighted by Gasteiger charge is 2.29. The Morgan fingerprint density at radius 2 is 2.33 bits per heavy atom. The monoisotopic (exact) mass is 127 g/mol. The number of ether oxygens (including phenoxy) is 1. The number of nitrogens with one attached hydrogen (secondary N) is 1. The molecule has 1 aliphatic rings. The average molecular weight is 127 g/mol. The van der Waals surface area contributed by atoms with Crippen molar-refractivity contribution >= 4 is 12.1 Å². The van der Waals surface area contributed by atoms with Gasteiger partial charge in [0.15, 0.2) is 0 Å². The van der Waals surface area contributed by atoms with Crippen molar-refractivity contribution in [3.05, 3.63) is 12.7 Å². The van der Waals surface area contributed by atoms with E-state index in [2.05, 4.69) is 16.6 Å².